The lowest BCUT2D eigenvalue weighted by molar-refractivity contribution is 0.0692. The van der Waals surface area contributed by atoms with Crippen LogP contribution in [-0.2, 0) is 4.74 Å². The molecule has 0 amide bonds. The molecule has 1 saturated carbocycles. The Hall–Kier alpha value is -1.62. The number of carboxylic acid groups (broad SMARTS) is 1. The van der Waals surface area contributed by atoms with Gasteiger partial charge in [-0.1, -0.05) is 0 Å². The first-order valence-corrected chi connectivity index (χ1v) is 5.90. The maximum Gasteiger partial charge on any atom is 0.338 e. The van der Waals surface area contributed by atoms with Crippen LogP contribution in [0.1, 0.15) is 23.2 Å². The number of hydrogen-bond donors (Lipinski definition) is 2. The average molecular weight is 253 g/mol. The van der Waals surface area contributed by atoms with Crippen molar-refractivity contribution in [3.63, 3.8) is 0 Å². The Morgan fingerprint density at radius 2 is 2.33 bits per heavy atom. The van der Waals surface area contributed by atoms with Crippen LogP contribution in [0, 0.1) is 11.7 Å². The molecule has 1 atom stereocenters. The van der Waals surface area contributed by atoms with Crippen molar-refractivity contribution >= 4 is 11.7 Å². The van der Waals surface area contributed by atoms with E-state index in [9.17, 15) is 9.18 Å². The lowest BCUT2D eigenvalue weighted by atomic mass is 10.1. The molecule has 0 radical (unpaired) electrons. The zero-order valence-corrected chi connectivity index (χ0v) is 10.1. The quantitative estimate of drug-likeness (QED) is 0.817. The summed E-state index contributed by atoms with van der Waals surface area (Å²) in [6, 6.07) is 4.19. The zero-order valence-electron chi connectivity index (χ0n) is 10.1. The molecule has 2 rings (SSSR count). The van der Waals surface area contributed by atoms with Crippen LogP contribution in [0.25, 0.3) is 0 Å². The maximum absolute atomic E-state index is 13.2. The molecule has 0 aromatic heterocycles. The van der Waals surface area contributed by atoms with Crippen molar-refractivity contribution in [2.75, 3.05) is 19.0 Å². The van der Waals surface area contributed by atoms with Crippen molar-refractivity contribution in [3.8, 4) is 0 Å². The highest BCUT2D eigenvalue weighted by atomic mass is 19.1. The number of carboxylic acids is 1. The summed E-state index contributed by atoms with van der Waals surface area (Å²) in [6.07, 6.45) is 2.29. The van der Waals surface area contributed by atoms with Crippen molar-refractivity contribution in [1.82, 2.24) is 0 Å². The predicted octanol–water partition coefficient (Wildman–Crippen LogP) is 2.36. The number of methoxy groups -OCH3 is 1. The molecule has 1 unspecified atom stereocenters. The van der Waals surface area contributed by atoms with Gasteiger partial charge in [0.05, 0.1) is 18.2 Å². The number of aromatic carboxylic acids is 1. The number of carbonyl (C=O) groups is 1. The van der Waals surface area contributed by atoms with Gasteiger partial charge in [0.2, 0.25) is 0 Å². The second-order valence-electron chi connectivity index (χ2n) is 4.54. The third kappa shape index (κ3) is 2.98. The largest absolute Gasteiger partial charge is 0.478 e. The smallest absolute Gasteiger partial charge is 0.338 e. The Morgan fingerprint density at radius 3 is 2.89 bits per heavy atom. The lowest BCUT2D eigenvalue weighted by Gasteiger charge is -2.19. The molecule has 18 heavy (non-hydrogen) atoms. The maximum atomic E-state index is 13.2. The fourth-order valence-electron chi connectivity index (χ4n) is 1.97. The first-order valence-electron chi connectivity index (χ1n) is 5.90. The summed E-state index contributed by atoms with van der Waals surface area (Å²) in [5.41, 5.74) is 0.301. The van der Waals surface area contributed by atoms with E-state index in [1.165, 1.54) is 12.1 Å². The summed E-state index contributed by atoms with van der Waals surface area (Å²) in [4.78, 5) is 10.8. The van der Waals surface area contributed by atoms with Crippen LogP contribution in [-0.4, -0.2) is 30.8 Å². The number of anilines is 1. The summed E-state index contributed by atoms with van der Waals surface area (Å²) in [5.74, 6) is -1.42. The predicted molar refractivity (Wildman–Crippen MR) is 65.4 cm³/mol. The highest BCUT2D eigenvalue weighted by molar-refractivity contribution is 5.89. The Morgan fingerprint density at radius 1 is 1.61 bits per heavy atom. The summed E-state index contributed by atoms with van der Waals surface area (Å²) < 4.78 is 18.4. The van der Waals surface area contributed by atoms with Gasteiger partial charge in [0.25, 0.3) is 0 Å². The minimum atomic E-state index is -1.26. The number of benzene rings is 1. The van der Waals surface area contributed by atoms with Crippen molar-refractivity contribution in [2.24, 2.45) is 5.92 Å². The van der Waals surface area contributed by atoms with E-state index >= 15 is 0 Å². The summed E-state index contributed by atoms with van der Waals surface area (Å²) in [5, 5.41) is 12.1. The summed E-state index contributed by atoms with van der Waals surface area (Å²) >= 11 is 0. The number of ether oxygens (including phenoxy) is 1. The second-order valence-corrected chi connectivity index (χ2v) is 4.54. The van der Waals surface area contributed by atoms with Crippen LogP contribution in [0.3, 0.4) is 0 Å². The molecule has 0 bridgehead atoms. The van der Waals surface area contributed by atoms with Crippen molar-refractivity contribution in [2.45, 2.75) is 18.9 Å². The SMILES string of the molecule is COCC(Nc1ccc(F)c(C(=O)O)c1)C1CC1. The van der Waals surface area contributed by atoms with Crippen LogP contribution >= 0.6 is 0 Å². The van der Waals surface area contributed by atoms with E-state index < -0.39 is 11.8 Å². The van der Waals surface area contributed by atoms with Gasteiger partial charge < -0.3 is 15.2 Å². The van der Waals surface area contributed by atoms with Gasteiger partial charge in [0, 0.05) is 12.8 Å². The minimum absolute atomic E-state index is 0.155. The van der Waals surface area contributed by atoms with Crippen LogP contribution in [0.2, 0.25) is 0 Å². The minimum Gasteiger partial charge on any atom is -0.478 e. The van der Waals surface area contributed by atoms with Gasteiger partial charge in [-0.05, 0) is 37.0 Å². The summed E-state index contributed by atoms with van der Waals surface area (Å²) in [6.45, 7) is 0.560. The van der Waals surface area contributed by atoms with Crippen molar-refractivity contribution in [3.05, 3.63) is 29.6 Å². The van der Waals surface area contributed by atoms with Crippen LogP contribution in [0.4, 0.5) is 10.1 Å². The van der Waals surface area contributed by atoms with Gasteiger partial charge >= 0.3 is 5.97 Å². The zero-order chi connectivity index (χ0) is 13.1. The highest BCUT2D eigenvalue weighted by Crippen LogP contribution is 2.34. The van der Waals surface area contributed by atoms with Crippen molar-refractivity contribution < 1.29 is 19.0 Å². The molecule has 0 saturated heterocycles. The number of hydrogen-bond acceptors (Lipinski definition) is 3. The number of rotatable bonds is 6. The van der Waals surface area contributed by atoms with Crippen molar-refractivity contribution in [1.29, 1.82) is 0 Å². The highest BCUT2D eigenvalue weighted by Gasteiger charge is 2.31. The number of nitrogens with one attached hydrogen (secondary N) is 1. The van der Waals surface area contributed by atoms with E-state index in [1.807, 2.05) is 0 Å². The van der Waals surface area contributed by atoms with Gasteiger partial charge in [-0.25, -0.2) is 9.18 Å². The average Bonchev–Trinajstić information content (AvgIpc) is 3.14. The molecule has 98 valence electrons. The van der Waals surface area contributed by atoms with Gasteiger partial charge in [-0.3, -0.25) is 0 Å². The monoisotopic (exact) mass is 253 g/mol. The molecular weight excluding hydrogens is 237 g/mol. The number of halogens is 1. The molecule has 0 heterocycles. The first kappa shape index (κ1) is 12.8. The van der Waals surface area contributed by atoms with Gasteiger partial charge in [-0.2, -0.15) is 0 Å². The molecule has 1 fully saturated rings. The Balaban J connectivity index is 2.12. The van der Waals surface area contributed by atoms with E-state index in [4.69, 9.17) is 9.84 Å². The molecule has 1 aliphatic rings. The second kappa shape index (κ2) is 5.35. The third-order valence-electron chi connectivity index (χ3n) is 3.09. The van der Waals surface area contributed by atoms with E-state index in [2.05, 4.69) is 5.32 Å². The fourth-order valence-corrected chi connectivity index (χ4v) is 1.97. The molecule has 2 N–H and O–H groups in total. The molecule has 1 aliphatic carbocycles. The molecule has 5 heteroatoms. The van der Waals surface area contributed by atoms with Crippen LogP contribution < -0.4 is 5.32 Å². The van der Waals surface area contributed by atoms with E-state index in [0.717, 1.165) is 12.8 Å². The summed E-state index contributed by atoms with van der Waals surface area (Å²) in [7, 11) is 1.63. The standard InChI is InChI=1S/C13H16FNO3/c1-18-7-12(8-2-3-8)15-9-4-5-11(14)10(6-9)13(16)17/h4-6,8,12,15H,2-3,7H2,1H3,(H,16,17). The molecule has 1 aromatic rings. The molecule has 0 aliphatic heterocycles. The van der Waals surface area contributed by atoms with E-state index in [-0.39, 0.29) is 11.6 Å². The van der Waals surface area contributed by atoms with Gasteiger partial charge in [-0.15, -0.1) is 0 Å². The third-order valence-corrected chi connectivity index (χ3v) is 3.09. The van der Waals surface area contributed by atoms with E-state index in [1.54, 1.807) is 13.2 Å². The van der Waals surface area contributed by atoms with Gasteiger partial charge in [0.1, 0.15) is 5.82 Å². The lowest BCUT2D eigenvalue weighted by Crippen LogP contribution is -2.27. The first-order chi connectivity index (χ1) is 8.61. The Kier molecular flexibility index (Phi) is 3.81. The Labute approximate surface area is 105 Å². The van der Waals surface area contributed by atoms with Crippen LogP contribution in [0.5, 0.6) is 0 Å². The topological polar surface area (TPSA) is 58.6 Å². The Bertz CT molecular complexity index is 446. The van der Waals surface area contributed by atoms with Crippen LogP contribution in [0.15, 0.2) is 18.2 Å². The fraction of sp³-hybridized carbons (Fsp3) is 0.462. The normalized spacial score (nSPS) is 16.3. The molecular formula is C13H16FNO3. The molecule has 4 nitrogen and oxygen atoms in total. The van der Waals surface area contributed by atoms with E-state index in [0.29, 0.717) is 18.2 Å². The molecule has 0 spiro atoms. The molecule has 1 aromatic carbocycles. The van der Waals surface area contributed by atoms with Gasteiger partial charge in [0.15, 0.2) is 0 Å².